The summed E-state index contributed by atoms with van der Waals surface area (Å²) in [7, 11) is 0. The Hall–Kier alpha value is -3.65. The molecule has 0 spiro atoms. The monoisotopic (exact) mass is 558 g/mol. The van der Waals surface area contributed by atoms with Crippen molar-refractivity contribution >= 4 is 23.9 Å². The fourth-order valence-corrected chi connectivity index (χ4v) is 4.03. The molecule has 0 unspecified atom stereocenters. The molecule has 0 aromatic heterocycles. The first-order valence-corrected chi connectivity index (χ1v) is 13.6. The number of alkyl carbamates (subject to hydrolysis) is 1. The maximum absolute atomic E-state index is 13.5. The summed E-state index contributed by atoms with van der Waals surface area (Å²) in [5.74, 6) is -1.10. The minimum atomic E-state index is -0.817. The van der Waals surface area contributed by atoms with E-state index in [1.807, 2.05) is 6.07 Å². The van der Waals surface area contributed by atoms with Gasteiger partial charge in [-0.2, -0.15) is 5.26 Å². The molecule has 220 valence electrons. The van der Waals surface area contributed by atoms with Crippen LogP contribution in [0.4, 0.5) is 4.79 Å². The van der Waals surface area contributed by atoms with Crippen LogP contribution in [-0.2, 0) is 23.8 Å². The van der Waals surface area contributed by atoms with Crippen molar-refractivity contribution in [2.24, 2.45) is 0 Å². The normalized spacial score (nSPS) is 15.0. The predicted octanol–water partition coefficient (Wildman–Crippen LogP) is 3.31. The van der Waals surface area contributed by atoms with Gasteiger partial charge in [0.2, 0.25) is 5.91 Å². The highest BCUT2D eigenvalue weighted by atomic mass is 16.6. The summed E-state index contributed by atoms with van der Waals surface area (Å²) in [5, 5.41) is 14.5. The highest BCUT2D eigenvalue weighted by Crippen LogP contribution is 2.17. The number of benzene rings is 1. The molecule has 40 heavy (non-hydrogen) atoms. The van der Waals surface area contributed by atoms with Crippen LogP contribution < -0.4 is 10.6 Å². The lowest BCUT2D eigenvalue weighted by Gasteiger charge is -2.34. The lowest BCUT2D eigenvalue weighted by molar-refractivity contribution is -0.163. The second kappa shape index (κ2) is 14.7. The van der Waals surface area contributed by atoms with Crippen molar-refractivity contribution in [2.75, 3.05) is 26.2 Å². The third-order valence-corrected chi connectivity index (χ3v) is 5.83. The molecule has 3 amide bonds. The van der Waals surface area contributed by atoms with E-state index >= 15 is 0 Å². The van der Waals surface area contributed by atoms with Crippen molar-refractivity contribution in [3.05, 3.63) is 35.4 Å². The van der Waals surface area contributed by atoms with Crippen molar-refractivity contribution < 1.29 is 33.4 Å². The second-order valence-electron chi connectivity index (χ2n) is 11.7. The number of rotatable bonds is 10. The van der Waals surface area contributed by atoms with E-state index in [0.29, 0.717) is 49.9 Å². The lowest BCUT2D eigenvalue weighted by atomic mass is 10.0. The van der Waals surface area contributed by atoms with Crippen LogP contribution in [0.25, 0.3) is 0 Å². The molecule has 11 heteroatoms. The maximum Gasteiger partial charge on any atom is 0.407 e. The average Bonchev–Trinajstić information content (AvgIpc) is 2.87. The molecule has 1 aliphatic heterocycles. The number of carbonyl (C=O) groups excluding carboxylic acids is 4. The quantitative estimate of drug-likeness (QED) is 0.328. The van der Waals surface area contributed by atoms with E-state index in [9.17, 15) is 19.2 Å². The Kier molecular flexibility index (Phi) is 11.9. The molecule has 1 fully saturated rings. The Labute approximate surface area is 236 Å². The zero-order valence-electron chi connectivity index (χ0n) is 24.4. The Bertz CT molecular complexity index is 1060. The van der Waals surface area contributed by atoms with Gasteiger partial charge in [0, 0.05) is 25.2 Å². The third kappa shape index (κ3) is 12.0. The standard InChI is InChI=1S/C29H42N4O7/c1-28(2,3)39-24(34)19-38-22-13-16-33(17-14-22)26(36)23(8-7-15-31-27(37)40-29(4,5)6)32-25(35)21-11-9-20(18-30)10-12-21/h9-12,22-23H,7-8,13-17,19H2,1-6H3,(H,31,37)(H,32,35)/t23-/m0/s1. The molecule has 0 saturated carbocycles. The summed E-state index contributed by atoms with van der Waals surface area (Å²) in [4.78, 5) is 52.0. The van der Waals surface area contributed by atoms with Crippen LogP contribution in [0.5, 0.6) is 0 Å². The molecule has 11 nitrogen and oxygen atoms in total. The number of nitrogens with one attached hydrogen (secondary N) is 2. The Morgan fingerprint density at radius 2 is 1.60 bits per heavy atom. The van der Waals surface area contributed by atoms with Crippen LogP contribution >= 0.6 is 0 Å². The van der Waals surface area contributed by atoms with Crippen molar-refractivity contribution in [1.82, 2.24) is 15.5 Å². The predicted molar refractivity (Wildman–Crippen MR) is 147 cm³/mol. The summed E-state index contributed by atoms with van der Waals surface area (Å²) in [6, 6.07) is 7.34. The highest BCUT2D eigenvalue weighted by molar-refractivity contribution is 5.97. The smallest absolute Gasteiger partial charge is 0.407 e. The van der Waals surface area contributed by atoms with Crippen molar-refractivity contribution in [2.45, 2.75) is 90.6 Å². The Morgan fingerprint density at radius 3 is 2.15 bits per heavy atom. The van der Waals surface area contributed by atoms with Crippen LogP contribution in [0.2, 0.25) is 0 Å². The minimum absolute atomic E-state index is 0.149. The number of hydrogen-bond acceptors (Lipinski definition) is 8. The van der Waals surface area contributed by atoms with Gasteiger partial charge in [-0.25, -0.2) is 9.59 Å². The number of piperidine rings is 1. The van der Waals surface area contributed by atoms with E-state index in [-0.39, 0.29) is 25.2 Å². The van der Waals surface area contributed by atoms with Gasteiger partial charge in [0.05, 0.1) is 17.7 Å². The first-order chi connectivity index (χ1) is 18.7. The second-order valence-corrected chi connectivity index (χ2v) is 11.7. The number of esters is 1. The third-order valence-electron chi connectivity index (χ3n) is 5.83. The number of nitrogens with zero attached hydrogens (tertiary/aromatic N) is 2. The van der Waals surface area contributed by atoms with Crippen LogP contribution in [-0.4, -0.2) is 78.4 Å². The number of ether oxygens (including phenoxy) is 3. The molecular weight excluding hydrogens is 516 g/mol. The molecule has 1 aliphatic rings. The summed E-state index contributed by atoms with van der Waals surface area (Å²) in [5.41, 5.74) is -0.455. The molecule has 2 rings (SSSR count). The van der Waals surface area contributed by atoms with Crippen LogP contribution in [0.15, 0.2) is 24.3 Å². The summed E-state index contributed by atoms with van der Waals surface area (Å²) in [6.07, 6.45) is 1.09. The maximum atomic E-state index is 13.5. The highest BCUT2D eigenvalue weighted by Gasteiger charge is 2.30. The summed E-state index contributed by atoms with van der Waals surface area (Å²) < 4.78 is 16.2. The van der Waals surface area contributed by atoms with Crippen LogP contribution in [0, 0.1) is 11.3 Å². The molecule has 1 saturated heterocycles. The van der Waals surface area contributed by atoms with Crippen molar-refractivity contribution in [1.29, 1.82) is 5.26 Å². The Balaban J connectivity index is 1.96. The van der Waals surface area contributed by atoms with Gasteiger partial charge in [0.15, 0.2) is 0 Å². The molecule has 1 aromatic rings. The van der Waals surface area contributed by atoms with Gasteiger partial charge in [0.25, 0.3) is 5.91 Å². The first kappa shape index (κ1) is 32.6. The topological polar surface area (TPSA) is 147 Å². The average molecular weight is 559 g/mol. The van der Waals surface area contributed by atoms with Gasteiger partial charge >= 0.3 is 12.1 Å². The van der Waals surface area contributed by atoms with Crippen molar-refractivity contribution in [3.63, 3.8) is 0 Å². The molecule has 2 N–H and O–H groups in total. The van der Waals surface area contributed by atoms with E-state index in [1.165, 1.54) is 12.1 Å². The van der Waals surface area contributed by atoms with Gasteiger partial charge in [-0.1, -0.05) is 0 Å². The number of carbonyl (C=O) groups is 4. The molecule has 1 heterocycles. The van der Waals surface area contributed by atoms with Crippen LogP contribution in [0.1, 0.15) is 83.1 Å². The van der Waals surface area contributed by atoms with E-state index in [0.717, 1.165) is 0 Å². The van der Waals surface area contributed by atoms with E-state index in [2.05, 4.69) is 10.6 Å². The summed E-state index contributed by atoms with van der Waals surface area (Å²) in [6.45, 7) is 11.6. The van der Waals surface area contributed by atoms with Gasteiger partial charge < -0.3 is 29.7 Å². The molecule has 1 aromatic carbocycles. The number of likely N-dealkylation sites (tertiary alicyclic amines) is 1. The van der Waals surface area contributed by atoms with Gasteiger partial charge in [0.1, 0.15) is 23.9 Å². The fourth-order valence-electron chi connectivity index (χ4n) is 4.03. The lowest BCUT2D eigenvalue weighted by Crippen LogP contribution is -2.51. The number of nitriles is 1. The summed E-state index contributed by atoms with van der Waals surface area (Å²) >= 11 is 0. The van der Waals surface area contributed by atoms with Gasteiger partial charge in [-0.05, 0) is 91.5 Å². The molecule has 0 bridgehead atoms. The van der Waals surface area contributed by atoms with E-state index in [1.54, 1.807) is 58.6 Å². The zero-order valence-corrected chi connectivity index (χ0v) is 24.4. The van der Waals surface area contributed by atoms with Gasteiger partial charge in [-0.3, -0.25) is 9.59 Å². The first-order valence-electron chi connectivity index (χ1n) is 13.6. The largest absolute Gasteiger partial charge is 0.458 e. The Morgan fingerprint density at radius 1 is 1.00 bits per heavy atom. The molecule has 1 atom stereocenters. The molecule has 0 aliphatic carbocycles. The van der Waals surface area contributed by atoms with Gasteiger partial charge in [-0.15, -0.1) is 0 Å². The zero-order chi connectivity index (χ0) is 29.9. The van der Waals surface area contributed by atoms with Crippen molar-refractivity contribution in [3.8, 4) is 6.07 Å². The van der Waals surface area contributed by atoms with E-state index < -0.39 is 35.2 Å². The van der Waals surface area contributed by atoms with Crippen LogP contribution in [0.3, 0.4) is 0 Å². The van der Waals surface area contributed by atoms with E-state index in [4.69, 9.17) is 19.5 Å². The minimum Gasteiger partial charge on any atom is -0.458 e. The SMILES string of the molecule is CC(C)(C)OC(=O)COC1CCN(C(=O)[C@H](CCCNC(=O)OC(C)(C)C)NC(=O)c2ccc(C#N)cc2)CC1. The molecule has 0 radical (unpaired) electrons. The fraction of sp³-hybridized carbons (Fsp3) is 0.621. The molecular formula is C29H42N4O7. The number of hydrogen-bond donors (Lipinski definition) is 2. The number of amides is 3.